The first-order valence-electron chi connectivity index (χ1n) is 9.69. The van der Waals surface area contributed by atoms with Gasteiger partial charge in [-0.1, -0.05) is 36.4 Å². The second kappa shape index (κ2) is 8.91. The van der Waals surface area contributed by atoms with Crippen LogP contribution in [0.1, 0.15) is 16.7 Å². The maximum absolute atomic E-state index is 10.4. The van der Waals surface area contributed by atoms with Gasteiger partial charge in [-0.05, 0) is 41.3 Å². The second-order valence-electron chi connectivity index (χ2n) is 7.18. The van der Waals surface area contributed by atoms with Gasteiger partial charge in [-0.15, -0.1) is 0 Å². The number of aliphatic hydroxyl groups is 1. The highest BCUT2D eigenvalue weighted by molar-refractivity contribution is 5.35. The summed E-state index contributed by atoms with van der Waals surface area (Å²) in [6.45, 7) is 3.44. The highest BCUT2D eigenvalue weighted by Crippen LogP contribution is 2.19. The number of aromatic nitrogens is 2. The molecule has 2 aromatic carbocycles. The maximum Gasteiger partial charge on any atom is 0.147 e. The summed E-state index contributed by atoms with van der Waals surface area (Å²) in [7, 11) is 0. The number of β-amino-alcohol motifs (C(OH)–C–C–N with tert-alkyl or cyclic N) is 1. The van der Waals surface area contributed by atoms with Gasteiger partial charge in [0.05, 0.1) is 0 Å². The van der Waals surface area contributed by atoms with Gasteiger partial charge in [0.15, 0.2) is 0 Å². The van der Waals surface area contributed by atoms with E-state index >= 15 is 0 Å². The molecule has 0 saturated heterocycles. The Morgan fingerprint density at radius 3 is 2.89 bits per heavy atom. The SMILES string of the molecule is OC(COc1cccc(CNc2cc[nH]n2)c1)CN1CCc2ccccc2C1. The molecule has 6 nitrogen and oxygen atoms in total. The lowest BCUT2D eigenvalue weighted by molar-refractivity contribution is 0.0637. The van der Waals surface area contributed by atoms with Crippen LogP contribution in [0.2, 0.25) is 0 Å². The van der Waals surface area contributed by atoms with Crippen LogP contribution in [0.15, 0.2) is 60.8 Å². The molecule has 1 aliphatic rings. The molecule has 0 spiro atoms. The molecule has 1 unspecified atom stereocenters. The van der Waals surface area contributed by atoms with Crippen molar-refractivity contribution in [3.63, 3.8) is 0 Å². The van der Waals surface area contributed by atoms with Crippen molar-refractivity contribution in [2.24, 2.45) is 0 Å². The van der Waals surface area contributed by atoms with E-state index in [0.29, 0.717) is 13.1 Å². The van der Waals surface area contributed by atoms with Crippen molar-refractivity contribution in [2.45, 2.75) is 25.6 Å². The minimum atomic E-state index is -0.518. The van der Waals surface area contributed by atoms with Crippen molar-refractivity contribution in [1.82, 2.24) is 15.1 Å². The van der Waals surface area contributed by atoms with Crippen LogP contribution in [0, 0.1) is 0 Å². The van der Waals surface area contributed by atoms with Crippen molar-refractivity contribution >= 4 is 5.82 Å². The van der Waals surface area contributed by atoms with Crippen LogP contribution in [-0.4, -0.2) is 46.0 Å². The fourth-order valence-electron chi connectivity index (χ4n) is 3.55. The molecule has 1 aromatic heterocycles. The molecule has 0 bridgehead atoms. The van der Waals surface area contributed by atoms with Crippen LogP contribution in [0.5, 0.6) is 5.75 Å². The zero-order chi connectivity index (χ0) is 19.2. The smallest absolute Gasteiger partial charge is 0.147 e. The van der Waals surface area contributed by atoms with E-state index in [0.717, 1.165) is 36.6 Å². The molecule has 1 atom stereocenters. The Morgan fingerprint density at radius 1 is 1.14 bits per heavy atom. The number of aliphatic hydroxyl groups excluding tert-OH is 1. The molecule has 0 saturated carbocycles. The quantitative estimate of drug-likeness (QED) is 0.562. The van der Waals surface area contributed by atoms with Crippen LogP contribution >= 0.6 is 0 Å². The van der Waals surface area contributed by atoms with Crippen molar-refractivity contribution in [3.8, 4) is 5.75 Å². The molecule has 0 radical (unpaired) electrons. The number of aromatic amines is 1. The number of fused-ring (bicyclic) bond motifs is 1. The predicted octanol–water partition coefficient (Wildman–Crippen LogP) is 2.82. The highest BCUT2D eigenvalue weighted by Gasteiger charge is 2.18. The zero-order valence-corrected chi connectivity index (χ0v) is 15.8. The molecule has 2 heterocycles. The molecular formula is C22H26N4O2. The molecule has 0 amide bonds. The van der Waals surface area contributed by atoms with Gasteiger partial charge in [-0.2, -0.15) is 5.10 Å². The summed E-state index contributed by atoms with van der Waals surface area (Å²) in [5, 5.41) is 20.5. The Morgan fingerprint density at radius 2 is 2.04 bits per heavy atom. The van der Waals surface area contributed by atoms with Crippen LogP contribution in [-0.2, 0) is 19.5 Å². The van der Waals surface area contributed by atoms with Crippen LogP contribution in [0.4, 0.5) is 5.82 Å². The standard InChI is InChI=1S/C22H26N4O2/c27-20(15-26-11-9-18-5-1-2-6-19(18)14-26)16-28-21-7-3-4-17(12-21)13-23-22-8-10-24-25-22/h1-8,10,12,20,27H,9,11,13-16H2,(H2,23,24,25). The number of hydrogen-bond acceptors (Lipinski definition) is 5. The summed E-state index contributed by atoms with van der Waals surface area (Å²) in [4.78, 5) is 2.29. The molecule has 28 heavy (non-hydrogen) atoms. The van der Waals surface area contributed by atoms with E-state index in [1.165, 1.54) is 11.1 Å². The largest absolute Gasteiger partial charge is 0.491 e. The Labute approximate surface area is 165 Å². The number of ether oxygens (including phenoxy) is 1. The van der Waals surface area contributed by atoms with E-state index in [1.807, 2.05) is 30.3 Å². The van der Waals surface area contributed by atoms with Crippen molar-refractivity contribution in [1.29, 1.82) is 0 Å². The summed E-state index contributed by atoms with van der Waals surface area (Å²) in [5.41, 5.74) is 3.88. The lowest BCUT2D eigenvalue weighted by atomic mass is 10.00. The number of nitrogens with zero attached hydrogens (tertiary/aromatic N) is 2. The third-order valence-corrected chi connectivity index (χ3v) is 4.99. The molecule has 6 heteroatoms. The Balaban J connectivity index is 1.24. The molecule has 4 rings (SSSR count). The van der Waals surface area contributed by atoms with E-state index in [1.54, 1.807) is 6.20 Å². The van der Waals surface area contributed by atoms with Crippen molar-refractivity contribution < 1.29 is 9.84 Å². The van der Waals surface area contributed by atoms with Gasteiger partial charge in [-0.3, -0.25) is 10.00 Å². The summed E-state index contributed by atoms with van der Waals surface area (Å²) in [6.07, 6.45) is 2.30. The summed E-state index contributed by atoms with van der Waals surface area (Å²) in [6, 6.07) is 18.3. The fourth-order valence-corrected chi connectivity index (χ4v) is 3.55. The third-order valence-electron chi connectivity index (χ3n) is 4.99. The van der Waals surface area contributed by atoms with Gasteiger partial charge in [0.2, 0.25) is 0 Å². The number of H-pyrrole nitrogens is 1. The molecule has 146 valence electrons. The monoisotopic (exact) mass is 378 g/mol. The molecule has 0 aliphatic carbocycles. The van der Waals surface area contributed by atoms with Gasteiger partial charge in [0, 0.05) is 32.4 Å². The van der Waals surface area contributed by atoms with E-state index in [9.17, 15) is 5.11 Å². The predicted molar refractivity (Wildman–Crippen MR) is 109 cm³/mol. The van der Waals surface area contributed by atoms with E-state index < -0.39 is 6.10 Å². The van der Waals surface area contributed by atoms with Gasteiger partial charge >= 0.3 is 0 Å². The Kier molecular flexibility index (Phi) is 5.89. The van der Waals surface area contributed by atoms with Crippen LogP contribution < -0.4 is 10.1 Å². The highest BCUT2D eigenvalue weighted by atomic mass is 16.5. The van der Waals surface area contributed by atoms with Gasteiger partial charge in [-0.25, -0.2) is 0 Å². The molecule has 3 aromatic rings. The molecule has 3 N–H and O–H groups in total. The lowest BCUT2D eigenvalue weighted by Crippen LogP contribution is -2.38. The summed E-state index contributed by atoms with van der Waals surface area (Å²) >= 11 is 0. The Hall–Kier alpha value is -2.83. The maximum atomic E-state index is 10.4. The van der Waals surface area contributed by atoms with E-state index in [-0.39, 0.29) is 6.61 Å². The molecule has 0 fully saturated rings. The average molecular weight is 378 g/mol. The first-order valence-corrected chi connectivity index (χ1v) is 9.69. The van der Waals surface area contributed by atoms with Gasteiger partial charge < -0.3 is 15.2 Å². The first-order chi connectivity index (χ1) is 13.8. The lowest BCUT2D eigenvalue weighted by Gasteiger charge is -2.30. The summed E-state index contributed by atoms with van der Waals surface area (Å²) in [5.74, 6) is 1.58. The number of rotatable bonds is 8. The number of nitrogens with one attached hydrogen (secondary N) is 2. The minimum Gasteiger partial charge on any atom is -0.491 e. The zero-order valence-electron chi connectivity index (χ0n) is 15.8. The van der Waals surface area contributed by atoms with Crippen molar-refractivity contribution in [2.75, 3.05) is 25.0 Å². The fraction of sp³-hybridized carbons (Fsp3) is 0.318. The average Bonchev–Trinajstić information content (AvgIpc) is 3.25. The number of hydrogen-bond donors (Lipinski definition) is 3. The number of benzene rings is 2. The Bertz CT molecular complexity index is 882. The normalized spacial score (nSPS) is 15.0. The molecular weight excluding hydrogens is 352 g/mol. The topological polar surface area (TPSA) is 73.4 Å². The minimum absolute atomic E-state index is 0.286. The second-order valence-corrected chi connectivity index (χ2v) is 7.18. The molecule has 1 aliphatic heterocycles. The van der Waals surface area contributed by atoms with Crippen LogP contribution in [0.3, 0.4) is 0 Å². The van der Waals surface area contributed by atoms with Gasteiger partial charge in [0.1, 0.15) is 24.3 Å². The van der Waals surface area contributed by atoms with E-state index in [4.69, 9.17) is 4.74 Å². The van der Waals surface area contributed by atoms with Gasteiger partial charge in [0.25, 0.3) is 0 Å². The summed E-state index contributed by atoms with van der Waals surface area (Å²) < 4.78 is 5.83. The number of anilines is 1. The van der Waals surface area contributed by atoms with Crippen LogP contribution in [0.25, 0.3) is 0 Å². The third kappa shape index (κ3) is 4.91. The van der Waals surface area contributed by atoms with Crippen molar-refractivity contribution in [3.05, 3.63) is 77.5 Å². The first kappa shape index (κ1) is 18.5. The van der Waals surface area contributed by atoms with E-state index in [2.05, 4.69) is 44.7 Å².